The van der Waals surface area contributed by atoms with Crippen LogP contribution in [0, 0.1) is 0 Å². The molecule has 98 valence electrons. The zero-order valence-corrected chi connectivity index (χ0v) is 11.6. The van der Waals surface area contributed by atoms with Crippen molar-refractivity contribution in [3.63, 3.8) is 0 Å². The predicted octanol–water partition coefficient (Wildman–Crippen LogP) is 4.63. The monoisotopic (exact) mass is 252 g/mol. The second-order valence-corrected chi connectivity index (χ2v) is 4.79. The van der Waals surface area contributed by atoms with Crippen molar-refractivity contribution in [2.24, 2.45) is 0 Å². The van der Waals surface area contributed by atoms with Crippen LogP contribution >= 0.6 is 0 Å². The Balaban J connectivity index is 2.25. The zero-order valence-electron chi connectivity index (χ0n) is 11.6. The van der Waals surface area contributed by atoms with Crippen LogP contribution in [0.15, 0.2) is 54.6 Å². The van der Waals surface area contributed by atoms with Crippen molar-refractivity contribution in [3.8, 4) is 0 Å². The van der Waals surface area contributed by atoms with Gasteiger partial charge in [0.15, 0.2) is 5.78 Å². The highest BCUT2D eigenvalue weighted by molar-refractivity contribution is 6.00. The minimum Gasteiger partial charge on any atom is -0.293 e. The van der Waals surface area contributed by atoms with Crippen LogP contribution < -0.4 is 0 Å². The summed E-state index contributed by atoms with van der Waals surface area (Å²) in [6.45, 7) is 4.19. The summed E-state index contributed by atoms with van der Waals surface area (Å²) in [5.41, 5.74) is 3.19. The van der Waals surface area contributed by atoms with Crippen LogP contribution in [0.5, 0.6) is 0 Å². The maximum absolute atomic E-state index is 12.6. The summed E-state index contributed by atoms with van der Waals surface area (Å²) in [6, 6.07) is 18.0. The first kappa shape index (κ1) is 13.5. The van der Waals surface area contributed by atoms with Gasteiger partial charge in [-0.25, -0.2) is 0 Å². The lowest BCUT2D eigenvalue weighted by atomic mass is 9.88. The summed E-state index contributed by atoms with van der Waals surface area (Å²) < 4.78 is 0. The molecule has 0 N–H and O–H groups in total. The van der Waals surface area contributed by atoms with Crippen LogP contribution in [0.3, 0.4) is 0 Å². The first-order valence-corrected chi connectivity index (χ1v) is 6.94. The molecule has 0 bridgehead atoms. The Morgan fingerprint density at radius 2 is 1.58 bits per heavy atom. The van der Waals surface area contributed by atoms with Gasteiger partial charge in [0.05, 0.1) is 0 Å². The quantitative estimate of drug-likeness (QED) is 0.709. The van der Waals surface area contributed by atoms with Crippen LogP contribution in [0.2, 0.25) is 0 Å². The first-order chi connectivity index (χ1) is 9.26. The molecule has 0 amide bonds. The van der Waals surface area contributed by atoms with Crippen LogP contribution in [-0.4, -0.2) is 5.78 Å². The number of aryl methyl sites for hydroxylation is 1. The predicted molar refractivity (Wildman–Crippen MR) is 79.6 cm³/mol. The van der Waals surface area contributed by atoms with Gasteiger partial charge in [-0.2, -0.15) is 0 Å². The largest absolute Gasteiger partial charge is 0.293 e. The lowest BCUT2D eigenvalue weighted by Crippen LogP contribution is -2.12. The van der Waals surface area contributed by atoms with E-state index in [0.29, 0.717) is 0 Å². The summed E-state index contributed by atoms with van der Waals surface area (Å²) in [7, 11) is 0. The molecule has 2 rings (SSSR count). The number of rotatable bonds is 5. The highest BCUT2D eigenvalue weighted by Crippen LogP contribution is 2.24. The minimum atomic E-state index is -0.0336. The second-order valence-electron chi connectivity index (χ2n) is 4.79. The van der Waals surface area contributed by atoms with E-state index in [1.54, 1.807) is 0 Å². The minimum absolute atomic E-state index is 0.0336. The molecule has 0 saturated carbocycles. The van der Waals surface area contributed by atoms with E-state index in [0.717, 1.165) is 24.0 Å². The lowest BCUT2D eigenvalue weighted by molar-refractivity contribution is 0.0957. The fourth-order valence-electron chi connectivity index (χ4n) is 2.36. The number of Topliss-reactive ketones (excluding diaryl/α,β-unsaturated/α-hetero) is 1. The standard InChI is InChI=1S/C18H20O/c1-3-14-10-12-16(13-11-14)18(19)17(4-2)15-8-6-5-7-9-15/h5-13,17H,3-4H2,1-2H3. The summed E-state index contributed by atoms with van der Waals surface area (Å²) >= 11 is 0. The molecule has 19 heavy (non-hydrogen) atoms. The molecule has 0 fully saturated rings. The van der Waals surface area contributed by atoms with Gasteiger partial charge >= 0.3 is 0 Å². The summed E-state index contributed by atoms with van der Waals surface area (Å²) in [5, 5.41) is 0. The fourth-order valence-corrected chi connectivity index (χ4v) is 2.36. The van der Waals surface area contributed by atoms with Gasteiger partial charge in [0.2, 0.25) is 0 Å². The Labute approximate surface area is 115 Å². The zero-order chi connectivity index (χ0) is 13.7. The molecular formula is C18H20O. The molecule has 0 aliphatic heterocycles. The highest BCUT2D eigenvalue weighted by Gasteiger charge is 2.19. The average molecular weight is 252 g/mol. The number of benzene rings is 2. The van der Waals surface area contributed by atoms with E-state index >= 15 is 0 Å². The average Bonchev–Trinajstić information content (AvgIpc) is 2.49. The Morgan fingerprint density at radius 1 is 0.947 bits per heavy atom. The molecule has 2 aromatic rings. The molecule has 0 radical (unpaired) electrons. The van der Waals surface area contributed by atoms with Crippen molar-refractivity contribution in [1.29, 1.82) is 0 Å². The topological polar surface area (TPSA) is 17.1 Å². The van der Waals surface area contributed by atoms with Gasteiger partial charge in [-0.3, -0.25) is 4.79 Å². The maximum Gasteiger partial charge on any atom is 0.170 e. The fraction of sp³-hybridized carbons (Fsp3) is 0.278. The summed E-state index contributed by atoms with van der Waals surface area (Å²) in [5.74, 6) is 0.185. The lowest BCUT2D eigenvalue weighted by Gasteiger charge is -2.14. The Kier molecular flexibility index (Phi) is 4.51. The van der Waals surface area contributed by atoms with E-state index in [2.05, 4.69) is 13.8 Å². The number of carbonyl (C=O) groups excluding carboxylic acids is 1. The first-order valence-electron chi connectivity index (χ1n) is 6.94. The third kappa shape index (κ3) is 3.11. The van der Waals surface area contributed by atoms with Gasteiger partial charge in [-0.15, -0.1) is 0 Å². The van der Waals surface area contributed by atoms with Crippen molar-refractivity contribution in [2.75, 3.05) is 0 Å². The molecule has 0 heterocycles. The van der Waals surface area contributed by atoms with Crippen molar-refractivity contribution in [2.45, 2.75) is 32.6 Å². The summed E-state index contributed by atoms with van der Waals surface area (Å²) in [6.07, 6.45) is 1.84. The molecule has 1 atom stereocenters. The number of hydrogen-bond donors (Lipinski definition) is 0. The van der Waals surface area contributed by atoms with E-state index in [9.17, 15) is 4.79 Å². The highest BCUT2D eigenvalue weighted by atomic mass is 16.1. The van der Waals surface area contributed by atoms with E-state index in [-0.39, 0.29) is 11.7 Å². The molecule has 0 saturated heterocycles. The van der Waals surface area contributed by atoms with E-state index < -0.39 is 0 Å². The normalized spacial score (nSPS) is 12.1. The van der Waals surface area contributed by atoms with Crippen molar-refractivity contribution >= 4 is 5.78 Å². The second kappa shape index (κ2) is 6.33. The van der Waals surface area contributed by atoms with Crippen LogP contribution in [-0.2, 0) is 6.42 Å². The van der Waals surface area contributed by atoms with Gasteiger partial charge in [0.1, 0.15) is 0 Å². The molecule has 2 aromatic carbocycles. The molecule has 1 nitrogen and oxygen atoms in total. The van der Waals surface area contributed by atoms with E-state index in [1.807, 2.05) is 54.6 Å². The third-order valence-corrected chi connectivity index (χ3v) is 3.57. The van der Waals surface area contributed by atoms with E-state index in [1.165, 1.54) is 5.56 Å². The third-order valence-electron chi connectivity index (χ3n) is 3.57. The summed E-state index contributed by atoms with van der Waals surface area (Å²) in [4.78, 5) is 12.6. The SMILES string of the molecule is CCc1ccc(C(=O)C(CC)c2ccccc2)cc1. The maximum atomic E-state index is 12.6. The van der Waals surface area contributed by atoms with Crippen LogP contribution in [0.4, 0.5) is 0 Å². The van der Waals surface area contributed by atoms with Gasteiger partial charge in [-0.05, 0) is 24.0 Å². The van der Waals surface area contributed by atoms with Gasteiger partial charge < -0.3 is 0 Å². The molecule has 1 heteroatoms. The molecule has 0 spiro atoms. The molecule has 0 aliphatic carbocycles. The molecule has 1 unspecified atom stereocenters. The smallest absolute Gasteiger partial charge is 0.170 e. The Bertz CT molecular complexity index is 525. The van der Waals surface area contributed by atoms with Gasteiger partial charge in [-0.1, -0.05) is 68.4 Å². The Hall–Kier alpha value is -1.89. The van der Waals surface area contributed by atoms with Crippen molar-refractivity contribution < 1.29 is 4.79 Å². The molecule has 0 aliphatic rings. The number of hydrogen-bond acceptors (Lipinski definition) is 1. The van der Waals surface area contributed by atoms with Crippen molar-refractivity contribution in [1.82, 2.24) is 0 Å². The van der Waals surface area contributed by atoms with E-state index in [4.69, 9.17) is 0 Å². The molecule has 0 aromatic heterocycles. The van der Waals surface area contributed by atoms with Crippen molar-refractivity contribution in [3.05, 3.63) is 71.3 Å². The van der Waals surface area contributed by atoms with Gasteiger partial charge in [0, 0.05) is 11.5 Å². The molecular weight excluding hydrogens is 232 g/mol. The van der Waals surface area contributed by atoms with Crippen LogP contribution in [0.1, 0.15) is 47.7 Å². The van der Waals surface area contributed by atoms with Crippen LogP contribution in [0.25, 0.3) is 0 Å². The van der Waals surface area contributed by atoms with Gasteiger partial charge in [0.25, 0.3) is 0 Å². The Morgan fingerprint density at radius 3 is 2.11 bits per heavy atom. The number of ketones is 1. The number of carbonyl (C=O) groups is 1.